The predicted molar refractivity (Wildman–Crippen MR) is 311 cm³/mol. The van der Waals surface area contributed by atoms with E-state index < -0.39 is 0 Å². The molecule has 388 valence electrons. The van der Waals surface area contributed by atoms with Crippen molar-refractivity contribution < 1.29 is 0 Å². The summed E-state index contributed by atoms with van der Waals surface area (Å²) in [6, 6.07) is 44.9. The molecule has 79 heavy (non-hydrogen) atoms. The predicted octanol–water partition coefficient (Wildman–Crippen LogP) is 11.4. The van der Waals surface area contributed by atoms with Gasteiger partial charge in [-0.15, -0.1) is 11.3 Å². The van der Waals surface area contributed by atoms with Gasteiger partial charge in [0.05, 0.1) is 29.8 Å². The summed E-state index contributed by atoms with van der Waals surface area (Å²) in [4.78, 5) is 57.8. The molecule has 0 saturated carbocycles. The van der Waals surface area contributed by atoms with Gasteiger partial charge in [-0.1, -0.05) is 78.9 Å². The Morgan fingerprint density at radius 3 is 1.32 bits per heavy atom. The second kappa shape index (κ2) is 18.9. The molecule has 0 spiro atoms. The van der Waals surface area contributed by atoms with Crippen molar-refractivity contribution in [2.24, 2.45) is 0 Å². The number of para-hydroxylation sites is 4. The van der Waals surface area contributed by atoms with Gasteiger partial charge in [0.15, 0.2) is 23.3 Å². The standard InChI is InChI=1S/C17H13N5.C16H12N4S.C15H16N4.C13H12N4/c1-2-6-13-12(5-1)9-16-21(13)14-10-18-11-20-17(14)22(16)15-7-3-4-8-19-15;1-2-5-12-11(4-1)8-14-19(12)13-9-17-10-18-16(13)20(14)15-6-3-7-21-15;1-10(2)18-14-7-11-5-3-4-6-12(11)19(14)13-8-16-9-17-15(13)18;1-16-12-6-9-4-2-3-5-10(9)17(12)11-7-14-8-15-13(11)16/h1-8,10-11,16H,9H2;1-7,9-10,14H,8H2;3-6,8-10,14H,7H2,1-2H3;2-5,7-8,12H,6H2,1H3. The van der Waals surface area contributed by atoms with Crippen LogP contribution in [-0.4, -0.2) is 82.6 Å². The zero-order chi connectivity index (χ0) is 52.7. The van der Waals surface area contributed by atoms with E-state index in [2.05, 4.69) is 220 Å². The highest BCUT2D eigenvalue weighted by Gasteiger charge is 2.47. The number of anilines is 14. The van der Waals surface area contributed by atoms with Gasteiger partial charge < -0.3 is 29.4 Å². The van der Waals surface area contributed by atoms with Crippen LogP contribution in [0.1, 0.15) is 36.1 Å². The summed E-state index contributed by atoms with van der Waals surface area (Å²) in [5.41, 5.74) is 15.0. The van der Waals surface area contributed by atoms with Gasteiger partial charge in [0.1, 0.15) is 78.5 Å². The topological polar surface area (TPSA) is 142 Å². The first-order chi connectivity index (χ1) is 39.0. The van der Waals surface area contributed by atoms with Crippen LogP contribution in [0, 0.1) is 0 Å². The first-order valence-corrected chi connectivity index (χ1v) is 27.6. The zero-order valence-electron chi connectivity index (χ0n) is 43.6. The third kappa shape index (κ3) is 7.45. The maximum atomic E-state index is 4.53. The van der Waals surface area contributed by atoms with Gasteiger partial charge in [-0.05, 0) is 90.0 Å². The normalized spacial score (nSPS) is 19.0. The van der Waals surface area contributed by atoms with Crippen molar-refractivity contribution in [2.45, 2.75) is 70.2 Å². The lowest BCUT2D eigenvalue weighted by molar-refractivity contribution is 0.585. The van der Waals surface area contributed by atoms with E-state index in [1.807, 2.05) is 49.2 Å². The van der Waals surface area contributed by atoms with E-state index in [1.54, 1.807) is 36.6 Å². The van der Waals surface area contributed by atoms with Gasteiger partial charge in [0.25, 0.3) is 0 Å². The van der Waals surface area contributed by atoms with Crippen LogP contribution >= 0.6 is 11.3 Å². The van der Waals surface area contributed by atoms with E-state index in [1.165, 1.54) is 50.0 Å². The maximum absolute atomic E-state index is 4.53. The minimum atomic E-state index is 0.180. The second-order valence-corrected chi connectivity index (χ2v) is 21.6. The Kier molecular flexibility index (Phi) is 11.2. The summed E-state index contributed by atoms with van der Waals surface area (Å²) in [5, 5.41) is 3.34. The Labute approximate surface area is 461 Å². The van der Waals surface area contributed by atoms with Gasteiger partial charge in [0, 0.05) is 67.7 Å². The number of thiophene rings is 1. The average molecular weight is 1060 g/mol. The molecular weight excluding hydrogens is 1000 g/mol. The summed E-state index contributed by atoms with van der Waals surface area (Å²) in [6.45, 7) is 4.44. The Morgan fingerprint density at radius 1 is 0.392 bits per heavy atom. The van der Waals surface area contributed by atoms with Crippen molar-refractivity contribution in [3.8, 4) is 0 Å². The van der Waals surface area contributed by atoms with Gasteiger partial charge >= 0.3 is 0 Å². The largest absolute Gasteiger partial charge is 0.337 e. The van der Waals surface area contributed by atoms with Crippen LogP contribution in [-0.2, 0) is 25.7 Å². The minimum Gasteiger partial charge on any atom is -0.337 e. The first-order valence-electron chi connectivity index (χ1n) is 26.7. The quantitative estimate of drug-likeness (QED) is 0.165. The van der Waals surface area contributed by atoms with Crippen molar-refractivity contribution in [3.63, 3.8) is 0 Å². The Bertz CT molecular complexity index is 3880. The van der Waals surface area contributed by atoms with Gasteiger partial charge in [-0.25, -0.2) is 44.9 Å². The number of hydrogen-bond acceptors (Lipinski definition) is 18. The van der Waals surface area contributed by atoms with Crippen LogP contribution in [0.4, 0.5) is 79.6 Å². The average Bonchev–Trinajstić information content (AvgIpc) is 4.57. The van der Waals surface area contributed by atoms with Gasteiger partial charge in [-0.2, -0.15) is 0 Å². The van der Waals surface area contributed by atoms with Crippen molar-refractivity contribution in [3.05, 3.63) is 211 Å². The summed E-state index contributed by atoms with van der Waals surface area (Å²) in [5.74, 6) is 4.94. The van der Waals surface area contributed by atoms with Crippen LogP contribution < -0.4 is 39.2 Å². The summed E-state index contributed by atoms with van der Waals surface area (Å²) >= 11 is 1.75. The molecule has 0 saturated heterocycles. The zero-order valence-corrected chi connectivity index (χ0v) is 44.4. The van der Waals surface area contributed by atoms with E-state index >= 15 is 0 Å². The van der Waals surface area contributed by atoms with Crippen LogP contribution in [0.3, 0.4) is 0 Å². The summed E-state index contributed by atoms with van der Waals surface area (Å²) < 4.78 is 0. The molecule has 0 bridgehead atoms. The Balaban J connectivity index is 0.0000000916. The van der Waals surface area contributed by atoms with Crippen LogP contribution in [0.2, 0.25) is 0 Å². The molecule has 4 aromatic carbocycles. The van der Waals surface area contributed by atoms with E-state index in [-0.39, 0.29) is 12.3 Å². The number of nitrogens with zero attached hydrogens (tertiary/aromatic N) is 17. The second-order valence-electron chi connectivity index (χ2n) is 20.7. The van der Waals surface area contributed by atoms with E-state index in [0.29, 0.717) is 18.4 Å². The fourth-order valence-electron chi connectivity index (χ4n) is 12.9. The number of benzene rings is 4. The lowest BCUT2D eigenvalue weighted by Crippen LogP contribution is -2.43. The monoisotopic (exact) mass is 1060 g/mol. The maximum Gasteiger partial charge on any atom is 0.163 e. The molecule has 0 amide bonds. The number of fused-ring (bicyclic) bond motifs is 20. The number of hydrogen-bond donors (Lipinski definition) is 0. The molecule has 6 aromatic heterocycles. The molecular formula is C61H53N17S. The SMILES string of the molecule is CC(C)N1c2ncncc2N2c3ccccc3CC21.CN1c2ncncc2N2c3ccccc3CC12.c1ccc(N2c3ncncc3N3c4ccccc4CC32)nc1.c1csc(N2c3ncncc3N3c4ccccc4CC32)c1. The number of rotatable bonds is 3. The molecule has 18 heteroatoms. The Morgan fingerprint density at radius 2 is 0.810 bits per heavy atom. The van der Waals surface area contributed by atoms with E-state index in [0.717, 1.165) is 77.5 Å². The molecule has 10 aromatic rings. The fraction of sp³-hybridized carbons (Fsp3) is 0.197. The van der Waals surface area contributed by atoms with Gasteiger partial charge in [0.2, 0.25) is 0 Å². The molecule has 4 atom stereocenters. The highest BCUT2D eigenvalue weighted by molar-refractivity contribution is 7.14. The van der Waals surface area contributed by atoms with Crippen LogP contribution in [0.25, 0.3) is 0 Å². The molecule has 8 aliphatic heterocycles. The lowest BCUT2D eigenvalue weighted by Gasteiger charge is -2.30. The van der Waals surface area contributed by atoms with Crippen molar-refractivity contribution in [1.29, 1.82) is 0 Å². The molecule has 18 rings (SSSR count). The van der Waals surface area contributed by atoms with Crippen molar-refractivity contribution in [1.82, 2.24) is 44.9 Å². The molecule has 4 unspecified atom stereocenters. The summed E-state index contributed by atoms with van der Waals surface area (Å²) in [6.07, 6.45) is 21.2. The Hall–Kier alpha value is -9.55. The number of likely N-dealkylation sites (N-methyl/N-ethyl adjacent to an activating group) is 1. The molecule has 0 radical (unpaired) electrons. The fourth-order valence-corrected chi connectivity index (χ4v) is 13.7. The van der Waals surface area contributed by atoms with E-state index in [4.69, 9.17) is 0 Å². The summed E-state index contributed by atoms with van der Waals surface area (Å²) in [7, 11) is 2.10. The van der Waals surface area contributed by atoms with Crippen LogP contribution in [0.5, 0.6) is 0 Å². The molecule has 0 fully saturated rings. The smallest absolute Gasteiger partial charge is 0.163 e. The van der Waals surface area contributed by atoms with Gasteiger partial charge in [-0.3, -0.25) is 9.80 Å². The van der Waals surface area contributed by atoms with Crippen molar-refractivity contribution in [2.75, 3.05) is 46.2 Å². The third-order valence-electron chi connectivity index (χ3n) is 16.1. The molecule has 17 nitrogen and oxygen atoms in total. The third-order valence-corrected chi connectivity index (χ3v) is 17.0. The highest BCUT2D eigenvalue weighted by Crippen LogP contribution is 2.54. The molecule has 8 aliphatic rings. The minimum absolute atomic E-state index is 0.180. The highest BCUT2D eigenvalue weighted by atomic mass is 32.1. The number of pyridine rings is 1. The molecule has 14 heterocycles. The molecule has 0 aliphatic carbocycles. The number of aromatic nitrogens is 9. The van der Waals surface area contributed by atoms with E-state index in [9.17, 15) is 0 Å². The first kappa shape index (κ1) is 46.7. The van der Waals surface area contributed by atoms with Crippen molar-refractivity contribution >= 4 is 90.9 Å². The molecule has 0 N–H and O–H groups in total. The lowest BCUT2D eigenvalue weighted by atomic mass is 10.1. The van der Waals surface area contributed by atoms with Crippen LogP contribution in [0.15, 0.2) is 189 Å².